The van der Waals surface area contributed by atoms with Crippen LogP contribution in [0.15, 0.2) is 18.5 Å². The second kappa shape index (κ2) is 3.71. The SMILES string of the molecule is CC(=O)CC(=O)c1ccnnc1. The number of hydrogen-bond donors (Lipinski definition) is 0. The van der Waals surface area contributed by atoms with Gasteiger partial charge in [0.15, 0.2) is 5.78 Å². The first-order valence-corrected chi connectivity index (χ1v) is 3.49. The Labute approximate surface area is 69.6 Å². The summed E-state index contributed by atoms with van der Waals surface area (Å²) in [6.45, 7) is 1.38. The highest BCUT2D eigenvalue weighted by molar-refractivity contribution is 6.07. The summed E-state index contributed by atoms with van der Waals surface area (Å²) in [5.41, 5.74) is 0.431. The van der Waals surface area contributed by atoms with Crippen LogP contribution >= 0.6 is 0 Å². The molecule has 0 aliphatic heterocycles. The van der Waals surface area contributed by atoms with Gasteiger partial charge < -0.3 is 0 Å². The minimum atomic E-state index is -0.211. The van der Waals surface area contributed by atoms with Gasteiger partial charge in [0.05, 0.1) is 18.8 Å². The molecular formula is C8H8N2O2. The average Bonchev–Trinajstić information content (AvgIpc) is 2.05. The van der Waals surface area contributed by atoms with E-state index in [2.05, 4.69) is 10.2 Å². The number of Topliss-reactive ketones (excluding diaryl/α,β-unsaturated/α-hetero) is 2. The Kier molecular flexibility index (Phi) is 2.63. The first kappa shape index (κ1) is 8.52. The van der Waals surface area contributed by atoms with E-state index in [-0.39, 0.29) is 18.0 Å². The fourth-order valence-electron chi connectivity index (χ4n) is 0.784. The molecule has 1 aromatic heterocycles. The van der Waals surface area contributed by atoms with Crippen LogP contribution in [0.2, 0.25) is 0 Å². The zero-order valence-electron chi connectivity index (χ0n) is 6.65. The highest BCUT2D eigenvalue weighted by Gasteiger charge is 2.07. The lowest BCUT2D eigenvalue weighted by Gasteiger charge is -1.94. The molecule has 0 N–H and O–H groups in total. The largest absolute Gasteiger partial charge is 0.300 e. The molecule has 0 bridgehead atoms. The standard InChI is InChI=1S/C8H8N2O2/c1-6(11)4-8(12)7-2-3-9-10-5-7/h2-3,5H,4H2,1H3. The van der Waals surface area contributed by atoms with Crippen molar-refractivity contribution in [3.05, 3.63) is 24.0 Å². The van der Waals surface area contributed by atoms with Gasteiger partial charge in [0.2, 0.25) is 0 Å². The van der Waals surface area contributed by atoms with Crippen LogP contribution < -0.4 is 0 Å². The Morgan fingerprint density at radius 1 is 1.42 bits per heavy atom. The molecule has 0 radical (unpaired) electrons. The van der Waals surface area contributed by atoms with Crippen LogP contribution in [0.4, 0.5) is 0 Å². The predicted molar refractivity (Wildman–Crippen MR) is 41.7 cm³/mol. The van der Waals surface area contributed by atoms with E-state index >= 15 is 0 Å². The Hall–Kier alpha value is -1.58. The van der Waals surface area contributed by atoms with Gasteiger partial charge >= 0.3 is 0 Å². The van der Waals surface area contributed by atoms with Crippen molar-refractivity contribution in [3.8, 4) is 0 Å². The minimum Gasteiger partial charge on any atom is -0.300 e. The zero-order chi connectivity index (χ0) is 8.97. The topological polar surface area (TPSA) is 59.9 Å². The van der Waals surface area contributed by atoms with Crippen molar-refractivity contribution in [3.63, 3.8) is 0 Å². The first-order chi connectivity index (χ1) is 5.70. The van der Waals surface area contributed by atoms with Crippen molar-refractivity contribution in [2.45, 2.75) is 13.3 Å². The third-order valence-electron chi connectivity index (χ3n) is 1.32. The Morgan fingerprint density at radius 2 is 2.17 bits per heavy atom. The molecule has 0 atom stereocenters. The molecule has 4 heteroatoms. The lowest BCUT2D eigenvalue weighted by Crippen LogP contribution is -2.05. The summed E-state index contributed by atoms with van der Waals surface area (Å²) < 4.78 is 0. The summed E-state index contributed by atoms with van der Waals surface area (Å²) in [6.07, 6.45) is 2.71. The molecule has 0 spiro atoms. The van der Waals surface area contributed by atoms with Crippen molar-refractivity contribution in [1.82, 2.24) is 10.2 Å². The first-order valence-electron chi connectivity index (χ1n) is 3.49. The van der Waals surface area contributed by atoms with Gasteiger partial charge in [0.1, 0.15) is 5.78 Å². The van der Waals surface area contributed by atoms with E-state index in [1.54, 1.807) is 0 Å². The predicted octanol–water partition coefficient (Wildman–Crippen LogP) is 0.638. The average molecular weight is 164 g/mol. The van der Waals surface area contributed by atoms with Gasteiger partial charge in [-0.2, -0.15) is 10.2 Å². The summed E-state index contributed by atoms with van der Waals surface area (Å²) in [4.78, 5) is 21.7. The summed E-state index contributed by atoms with van der Waals surface area (Å²) >= 11 is 0. The van der Waals surface area contributed by atoms with Crippen molar-refractivity contribution in [2.24, 2.45) is 0 Å². The second-order valence-corrected chi connectivity index (χ2v) is 2.43. The molecule has 1 aromatic rings. The fraction of sp³-hybridized carbons (Fsp3) is 0.250. The maximum absolute atomic E-state index is 11.2. The molecule has 0 aliphatic carbocycles. The van der Waals surface area contributed by atoms with Gasteiger partial charge in [0.25, 0.3) is 0 Å². The highest BCUT2D eigenvalue weighted by Crippen LogP contribution is 1.99. The van der Waals surface area contributed by atoms with Crippen molar-refractivity contribution < 1.29 is 9.59 Å². The molecule has 12 heavy (non-hydrogen) atoms. The molecular weight excluding hydrogens is 156 g/mol. The Morgan fingerprint density at radius 3 is 2.67 bits per heavy atom. The highest BCUT2D eigenvalue weighted by atomic mass is 16.1. The lowest BCUT2D eigenvalue weighted by atomic mass is 10.1. The van der Waals surface area contributed by atoms with E-state index in [1.807, 2.05) is 0 Å². The third-order valence-corrected chi connectivity index (χ3v) is 1.32. The molecule has 0 amide bonds. The summed E-state index contributed by atoms with van der Waals surface area (Å²) in [6, 6.07) is 1.54. The molecule has 0 saturated heterocycles. The Bertz CT molecular complexity index is 295. The summed E-state index contributed by atoms with van der Waals surface area (Å²) in [5.74, 6) is -0.353. The van der Waals surface area contributed by atoms with Crippen molar-refractivity contribution >= 4 is 11.6 Å². The molecule has 0 aliphatic rings. The number of carbonyl (C=O) groups is 2. The van der Waals surface area contributed by atoms with Crippen LogP contribution in [-0.4, -0.2) is 21.8 Å². The smallest absolute Gasteiger partial charge is 0.171 e. The number of rotatable bonds is 3. The molecule has 0 aromatic carbocycles. The van der Waals surface area contributed by atoms with Gasteiger partial charge in [-0.25, -0.2) is 0 Å². The summed E-state index contributed by atoms with van der Waals surface area (Å²) in [7, 11) is 0. The van der Waals surface area contributed by atoms with Crippen LogP contribution in [-0.2, 0) is 4.79 Å². The van der Waals surface area contributed by atoms with Gasteiger partial charge in [-0.1, -0.05) is 0 Å². The molecule has 62 valence electrons. The van der Waals surface area contributed by atoms with E-state index < -0.39 is 0 Å². The minimum absolute atomic E-state index is 0.0638. The van der Waals surface area contributed by atoms with Crippen LogP contribution in [0.25, 0.3) is 0 Å². The van der Waals surface area contributed by atoms with Gasteiger partial charge in [-0.05, 0) is 13.0 Å². The Balaban J connectivity index is 2.73. The molecule has 0 saturated carbocycles. The van der Waals surface area contributed by atoms with E-state index in [0.29, 0.717) is 5.56 Å². The zero-order valence-corrected chi connectivity index (χ0v) is 6.65. The molecule has 0 unspecified atom stereocenters. The van der Waals surface area contributed by atoms with E-state index in [0.717, 1.165) is 0 Å². The number of nitrogens with zero attached hydrogens (tertiary/aromatic N) is 2. The van der Waals surface area contributed by atoms with Gasteiger partial charge in [-0.3, -0.25) is 9.59 Å². The lowest BCUT2D eigenvalue weighted by molar-refractivity contribution is -0.116. The number of hydrogen-bond acceptors (Lipinski definition) is 4. The van der Waals surface area contributed by atoms with Crippen LogP contribution in [0, 0.1) is 0 Å². The molecule has 1 heterocycles. The summed E-state index contributed by atoms with van der Waals surface area (Å²) in [5, 5.41) is 7.05. The maximum atomic E-state index is 11.2. The fourth-order valence-corrected chi connectivity index (χ4v) is 0.784. The second-order valence-electron chi connectivity index (χ2n) is 2.43. The van der Waals surface area contributed by atoms with E-state index in [9.17, 15) is 9.59 Å². The molecule has 4 nitrogen and oxygen atoms in total. The van der Waals surface area contributed by atoms with Gasteiger partial charge in [0, 0.05) is 5.56 Å². The number of ketones is 2. The maximum Gasteiger partial charge on any atom is 0.171 e. The van der Waals surface area contributed by atoms with Crippen LogP contribution in [0.3, 0.4) is 0 Å². The van der Waals surface area contributed by atoms with Gasteiger partial charge in [-0.15, -0.1) is 0 Å². The van der Waals surface area contributed by atoms with Crippen molar-refractivity contribution in [1.29, 1.82) is 0 Å². The molecule has 1 rings (SSSR count). The molecule has 0 fully saturated rings. The van der Waals surface area contributed by atoms with E-state index in [1.165, 1.54) is 25.4 Å². The van der Waals surface area contributed by atoms with E-state index in [4.69, 9.17) is 0 Å². The number of carbonyl (C=O) groups excluding carboxylic acids is 2. The van der Waals surface area contributed by atoms with Crippen LogP contribution in [0.5, 0.6) is 0 Å². The van der Waals surface area contributed by atoms with Crippen molar-refractivity contribution in [2.75, 3.05) is 0 Å². The number of aromatic nitrogens is 2. The van der Waals surface area contributed by atoms with Crippen LogP contribution in [0.1, 0.15) is 23.7 Å². The monoisotopic (exact) mass is 164 g/mol. The third kappa shape index (κ3) is 2.23. The normalized spacial score (nSPS) is 9.42. The quantitative estimate of drug-likeness (QED) is 0.485.